The first-order valence-electron chi connectivity index (χ1n) is 14.5. The van der Waals surface area contributed by atoms with Crippen molar-refractivity contribution >= 4 is 35.5 Å². The summed E-state index contributed by atoms with van der Waals surface area (Å²) in [5, 5.41) is 7.85. The number of methoxy groups -OCH3 is 1. The Kier molecular flexibility index (Phi) is 10.4. The fourth-order valence-corrected chi connectivity index (χ4v) is 4.97. The molecule has 5 rings (SSSR count). The third kappa shape index (κ3) is 8.27. The monoisotopic (exact) mass is 626 g/mol. The molecule has 0 spiro atoms. The highest BCUT2D eigenvalue weighted by atomic mass is 32.1. The van der Waals surface area contributed by atoms with Crippen LogP contribution in [-0.4, -0.2) is 39.4 Å². The molecule has 0 radical (unpaired) electrons. The Morgan fingerprint density at radius 3 is 2.60 bits per heavy atom. The molecule has 0 saturated heterocycles. The number of benzene rings is 2. The second-order valence-corrected chi connectivity index (χ2v) is 10.7. The van der Waals surface area contributed by atoms with Crippen LogP contribution in [0.5, 0.6) is 17.4 Å². The smallest absolute Gasteiger partial charge is 0.330 e. The van der Waals surface area contributed by atoms with Gasteiger partial charge in [-0.2, -0.15) is 0 Å². The normalized spacial score (nSPS) is 11.4. The van der Waals surface area contributed by atoms with Crippen molar-refractivity contribution in [2.24, 2.45) is 0 Å². The van der Waals surface area contributed by atoms with Crippen LogP contribution in [-0.2, 0) is 29.2 Å². The molecule has 0 aliphatic rings. The van der Waals surface area contributed by atoms with E-state index in [1.54, 1.807) is 37.0 Å². The molecule has 5 aromatic rings. The SMILES string of the molecule is CCOC(=O)C=Cc1nc(COc2ccc(COc3nn(-c4ccccc4)cc3C=Cc3csc(CC)n3)cc2OC)c(C)o1. The number of aryl methyl sites for hydroxylation is 2. The summed E-state index contributed by atoms with van der Waals surface area (Å²) in [5.41, 5.74) is 4.14. The minimum atomic E-state index is -0.460. The van der Waals surface area contributed by atoms with Crippen molar-refractivity contribution in [1.29, 1.82) is 0 Å². The molecule has 0 aliphatic carbocycles. The number of aromatic nitrogens is 4. The van der Waals surface area contributed by atoms with E-state index >= 15 is 0 Å². The van der Waals surface area contributed by atoms with Gasteiger partial charge >= 0.3 is 5.97 Å². The lowest BCUT2D eigenvalue weighted by Crippen LogP contribution is -2.02. The molecular formula is C34H34N4O6S. The Morgan fingerprint density at radius 1 is 1.00 bits per heavy atom. The molecule has 2 aromatic carbocycles. The molecule has 0 saturated carbocycles. The number of carbonyl (C=O) groups excluding carboxylic acids is 1. The van der Waals surface area contributed by atoms with Gasteiger partial charge < -0.3 is 23.4 Å². The van der Waals surface area contributed by atoms with Gasteiger partial charge in [0.25, 0.3) is 0 Å². The summed E-state index contributed by atoms with van der Waals surface area (Å²) in [7, 11) is 1.58. The predicted molar refractivity (Wildman–Crippen MR) is 173 cm³/mol. The van der Waals surface area contributed by atoms with Crippen molar-refractivity contribution in [3.63, 3.8) is 0 Å². The third-order valence-electron chi connectivity index (χ3n) is 6.56. The number of hydrogen-bond donors (Lipinski definition) is 0. The van der Waals surface area contributed by atoms with Gasteiger partial charge in [-0.1, -0.05) is 31.2 Å². The third-order valence-corrected chi connectivity index (χ3v) is 7.57. The summed E-state index contributed by atoms with van der Waals surface area (Å²) in [4.78, 5) is 20.6. The number of carbonyl (C=O) groups is 1. The van der Waals surface area contributed by atoms with Crippen LogP contribution in [0.2, 0.25) is 0 Å². The molecule has 3 aromatic heterocycles. The summed E-state index contributed by atoms with van der Waals surface area (Å²) < 4.78 is 30.2. The average molecular weight is 627 g/mol. The zero-order valence-electron chi connectivity index (χ0n) is 25.6. The summed E-state index contributed by atoms with van der Waals surface area (Å²) in [6, 6.07) is 15.5. The van der Waals surface area contributed by atoms with Crippen LogP contribution in [0.3, 0.4) is 0 Å². The maximum atomic E-state index is 11.6. The summed E-state index contributed by atoms with van der Waals surface area (Å²) >= 11 is 1.65. The van der Waals surface area contributed by atoms with E-state index in [4.69, 9.17) is 28.5 Å². The highest BCUT2D eigenvalue weighted by Crippen LogP contribution is 2.30. The van der Waals surface area contributed by atoms with Gasteiger partial charge in [-0.3, -0.25) is 0 Å². The van der Waals surface area contributed by atoms with Crippen molar-refractivity contribution in [2.75, 3.05) is 13.7 Å². The first-order valence-corrected chi connectivity index (χ1v) is 15.3. The lowest BCUT2D eigenvalue weighted by atomic mass is 10.2. The molecule has 0 N–H and O–H groups in total. The van der Waals surface area contributed by atoms with Crippen molar-refractivity contribution in [3.05, 3.63) is 105 Å². The second-order valence-electron chi connectivity index (χ2n) is 9.73. The van der Waals surface area contributed by atoms with Gasteiger partial charge in [0.15, 0.2) is 11.5 Å². The predicted octanol–water partition coefficient (Wildman–Crippen LogP) is 7.10. The van der Waals surface area contributed by atoms with Gasteiger partial charge in [0.05, 0.1) is 35.7 Å². The van der Waals surface area contributed by atoms with Gasteiger partial charge in [-0.05, 0) is 62.2 Å². The largest absolute Gasteiger partial charge is 0.493 e. The first kappa shape index (κ1) is 31.3. The topological polar surface area (TPSA) is 111 Å². The Hall–Kier alpha value is -5.16. The van der Waals surface area contributed by atoms with Crippen molar-refractivity contribution in [1.82, 2.24) is 19.7 Å². The quantitative estimate of drug-likeness (QED) is 0.0941. The summed E-state index contributed by atoms with van der Waals surface area (Å²) in [6.07, 6.45) is 9.53. The van der Waals surface area contributed by atoms with Crippen LogP contribution in [0.4, 0.5) is 0 Å². The zero-order chi connectivity index (χ0) is 31.6. The number of nitrogens with zero attached hydrogens (tertiary/aromatic N) is 4. The number of para-hydroxylation sites is 1. The molecule has 11 heteroatoms. The van der Waals surface area contributed by atoms with Crippen molar-refractivity contribution in [3.8, 4) is 23.1 Å². The van der Waals surface area contributed by atoms with Gasteiger partial charge in [-0.25, -0.2) is 19.4 Å². The fraction of sp³-hybridized carbons (Fsp3) is 0.235. The zero-order valence-corrected chi connectivity index (χ0v) is 26.4. The number of rotatable bonds is 14. The van der Waals surface area contributed by atoms with Crippen LogP contribution in [0, 0.1) is 6.92 Å². The number of thiazole rings is 1. The van der Waals surface area contributed by atoms with Gasteiger partial charge in [-0.15, -0.1) is 16.4 Å². The Bertz CT molecular complexity index is 1790. The van der Waals surface area contributed by atoms with Gasteiger partial charge in [0.2, 0.25) is 11.8 Å². The molecule has 0 fully saturated rings. The van der Waals surface area contributed by atoms with E-state index in [0.29, 0.717) is 41.3 Å². The van der Waals surface area contributed by atoms with E-state index in [2.05, 4.69) is 16.9 Å². The van der Waals surface area contributed by atoms with Gasteiger partial charge in [0.1, 0.15) is 24.7 Å². The van der Waals surface area contributed by atoms with Crippen molar-refractivity contribution in [2.45, 2.75) is 40.4 Å². The highest BCUT2D eigenvalue weighted by molar-refractivity contribution is 7.09. The molecular weight excluding hydrogens is 592 g/mol. The van der Waals surface area contributed by atoms with Crippen LogP contribution in [0.15, 0.2) is 70.6 Å². The first-order chi connectivity index (χ1) is 21.9. The Balaban J connectivity index is 1.27. The minimum absolute atomic E-state index is 0.153. The molecule has 10 nitrogen and oxygen atoms in total. The number of oxazole rings is 1. The van der Waals surface area contributed by atoms with Crippen LogP contribution in [0.1, 0.15) is 53.0 Å². The minimum Gasteiger partial charge on any atom is -0.493 e. The molecule has 232 valence electrons. The van der Waals surface area contributed by atoms with Gasteiger partial charge in [0, 0.05) is 23.7 Å². The van der Waals surface area contributed by atoms with Crippen LogP contribution >= 0.6 is 11.3 Å². The Morgan fingerprint density at radius 2 is 1.84 bits per heavy atom. The fourth-order valence-electron chi connectivity index (χ4n) is 4.25. The molecule has 0 amide bonds. The number of hydrogen-bond acceptors (Lipinski definition) is 10. The lowest BCUT2D eigenvalue weighted by molar-refractivity contribution is -0.137. The highest BCUT2D eigenvalue weighted by Gasteiger charge is 2.14. The number of ether oxygens (including phenoxy) is 4. The molecule has 0 atom stereocenters. The molecule has 0 aliphatic heterocycles. The maximum Gasteiger partial charge on any atom is 0.330 e. The van der Waals surface area contributed by atoms with E-state index in [0.717, 1.165) is 33.9 Å². The lowest BCUT2D eigenvalue weighted by Gasteiger charge is -2.12. The van der Waals surface area contributed by atoms with E-state index in [1.807, 2.05) is 72.3 Å². The standard InChI is InChI=1S/C34H34N4O6S/c1-5-32-35-26(22-45-32)14-13-25-19-38(27-10-8-7-9-11-27)37-34(25)43-20-24-12-15-29(30(18-24)40-4)42-21-28-23(3)44-31(36-28)16-17-33(39)41-6-2/h7-19,22H,5-6,20-21H2,1-4H3. The maximum absolute atomic E-state index is 11.6. The second kappa shape index (κ2) is 15.0. The average Bonchev–Trinajstić information content (AvgIpc) is 3.79. The van der Waals surface area contributed by atoms with E-state index in [-0.39, 0.29) is 13.2 Å². The molecule has 3 heterocycles. The van der Waals surface area contributed by atoms with Crippen molar-refractivity contribution < 1.29 is 28.2 Å². The summed E-state index contributed by atoms with van der Waals surface area (Å²) in [6.45, 7) is 6.33. The van der Waals surface area contributed by atoms with E-state index < -0.39 is 5.97 Å². The number of esters is 1. The summed E-state index contributed by atoms with van der Waals surface area (Å²) in [5.74, 6) is 2.00. The van der Waals surface area contributed by atoms with Crippen LogP contribution in [0.25, 0.3) is 23.9 Å². The van der Waals surface area contributed by atoms with Crippen LogP contribution < -0.4 is 14.2 Å². The Labute approximate surface area is 265 Å². The molecule has 45 heavy (non-hydrogen) atoms. The van der Waals surface area contributed by atoms with E-state index in [1.165, 1.54) is 12.2 Å². The molecule has 0 unspecified atom stereocenters. The molecule has 0 bridgehead atoms. The van der Waals surface area contributed by atoms with E-state index in [9.17, 15) is 4.79 Å².